The number of carbonyl (C=O) groups is 1. The minimum atomic E-state index is -0.140. The molecular weight excluding hydrogens is 338 g/mol. The number of ether oxygens (including phenoxy) is 1. The van der Waals surface area contributed by atoms with E-state index >= 15 is 0 Å². The van der Waals surface area contributed by atoms with Gasteiger partial charge < -0.3 is 10.1 Å². The van der Waals surface area contributed by atoms with E-state index in [-0.39, 0.29) is 5.91 Å². The summed E-state index contributed by atoms with van der Waals surface area (Å²) in [5.41, 5.74) is 4.59. The van der Waals surface area contributed by atoms with Gasteiger partial charge in [-0.1, -0.05) is 17.7 Å². The summed E-state index contributed by atoms with van der Waals surface area (Å²) in [4.78, 5) is 12.3. The first kappa shape index (κ1) is 16.0. The van der Waals surface area contributed by atoms with Crippen LogP contribution in [0.25, 0.3) is 10.9 Å². The zero-order chi connectivity index (χ0) is 17.6. The Labute approximate surface area is 150 Å². The van der Waals surface area contributed by atoms with Gasteiger partial charge in [-0.2, -0.15) is 5.10 Å². The van der Waals surface area contributed by atoms with Gasteiger partial charge in [-0.05, 0) is 48.2 Å². The van der Waals surface area contributed by atoms with Crippen LogP contribution < -0.4 is 10.1 Å². The van der Waals surface area contributed by atoms with Crippen LogP contribution in [0.3, 0.4) is 0 Å². The van der Waals surface area contributed by atoms with Gasteiger partial charge in [0, 0.05) is 18.6 Å². The topological polar surface area (TPSA) is 56.1 Å². The van der Waals surface area contributed by atoms with Crippen LogP contribution in [0.5, 0.6) is 5.75 Å². The largest absolute Gasteiger partial charge is 0.489 e. The van der Waals surface area contributed by atoms with Crippen molar-refractivity contribution >= 4 is 28.4 Å². The van der Waals surface area contributed by atoms with E-state index in [2.05, 4.69) is 22.5 Å². The molecule has 1 aliphatic heterocycles. The molecule has 0 atom stereocenters. The lowest BCUT2D eigenvalue weighted by atomic mass is 9.96. The van der Waals surface area contributed by atoms with Crippen molar-refractivity contribution in [3.63, 3.8) is 0 Å². The summed E-state index contributed by atoms with van der Waals surface area (Å²) >= 11 is 6.50. The zero-order valence-electron chi connectivity index (χ0n) is 14.1. The number of nitrogens with zero attached hydrogens (tertiary/aromatic N) is 2. The highest BCUT2D eigenvalue weighted by molar-refractivity contribution is 6.33. The first-order valence-corrected chi connectivity index (χ1v) is 8.56. The molecular formula is C19H18ClN3O2. The Morgan fingerprint density at radius 2 is 2.20 bits per heavy atom. The van der Waals surface area contributed by atoms with Crippen molar-refractivity contribution in [3.05, 3.63) is 57.7 Å². The summed E-state index contributed by atoms with van der Waals surface area (Å²) in [5.74, 6) is 0.346. The number of amides is 1. The van der Waals surface area contributed by atoms with Crippen molar-refractivity contribution in [3.8, 4) is 5.75 Å². The second kappa shape index (κ2) is 6.08. The van der Waals surface area contributed by atoms with E-state index in [0.29, 0.717) is 35.9 Å². The van der Waals surface area contributed by atoms with E-state index in [0.717, 1.165) is 27.6 Å². The summed E-state index contributed by atoms with van der Waals surface area (Å²) in [6.45, 7) is 2.87. The molecule has 0 radical (unpaired) electrons. The summed E-state index contributed by atoms with van der Waals surface area (Å²) < 4.78 is 7.48. The van der Waals surface area contributed by atoms with Crippen LogP contribution in [-0.2, 0) is 13.5 Å². The average molecular weight is 356 g/mol. The fourth-order valence-corrected chi connectivity index (χ4v) is 3.49. The number of aryl methyl sites for hydroxylation is 1. The fraction of sp³-hybridized carbons (Fsp3) is 0.263. The number of carbonyl (C=O) groups excluding carboxylic acids is 1. The Hall–Kier alpha value is -2.53. The van der Waals surface area contributed by atoms with Crippen LogP contribution in [0.4, 0.5) is 0 Å². The van der Waals surface area contributed by atoms with Crippen molar-refractivity contribution in [2.24, 2.45) is 7.05 Å². The van der Waals surface area contributed by atoms with Crippen LogP contribution in [0.2, 0.25) is 5.02 Å². The maximum Gasteiger partial charge on any atom is 0.255 e. The van der Waals surface area contributed by atoms with Gasteiger partial charge in [0.15, 0.2) is 5.75 Å². The highest BCUT2D eigenvalue weighted by Crippen LogP contribution is 2.36. The first-order valence-electron chi connectivity index (χ1n) is 8.18. The van der Waals surface area contributed by atoms with E-state index < -0.39 is 0 Å². The van der Waals surface area contributed by atoms with Gasteiger partial charge in [0.05, 0.1) is 22.6 Å². The second-order valence-corrected chi connectivity index (χ2v) is 6.71. The molecule has 1 amide bonds. The molecule has 3 aromatic rings. The van der Waals surface area contributed by atoms with Gasteiger partial charge in [-0.3, -0.25) is 9.48 Å². The molecule has 5 nitrogen and oxygen atoms in total. The van der Waals surface area contributed by atoms with Crippen LogP contribution in [0.1, 0.15) is 27.0 Å². The molecule has 6 heteroatoms. The standard InChI is InChI=1S/C19H18ClN3O2/c1-11-13(7-12-3-4-16-14(8-12)10-23(2)22-16)9-15-18(17(11)20)25-6-5-21-19(15)24/h3-4,8-10H,5-7H2,1-2H3,(H,21,24). The predicted octanol–water partition coefficient (Wildman–Crippen LogP) is 3.25. The number of nitrogens with one attached hydrogen (secondary N) is 1. The van der Waals surface area contributed by atoms with Gasteiger partial charge >= 0.3 is 0 Å². The smallest absolute Gasteiger partial charge is 0.255 e. The Balaban J connectivity index is 1.76. The molecule has 1 N–H and O–H groups in total. The molecule has 0 spiro atoms. The normalized spacial score (nSPS) is 14.0. The Morgan fingerprint density at radius 3 is 3.04 bits per heavy atom. The SMILES string of the molecule is Cc1c(Cc2ccc3nn(C)cc3c2)cc2c(c1Cl)OCCNC2=O. The van der Waals surface area contributed by atoms with Crippen LogP contribution in [0, 0.1) is 6.92 Å². The van der Waals surface area contributed by atoms with Gasteiger partial charge in [-0.15, -0.1) is 0 Å². The molecule has 0 aliphatic carbocycles. The van der Waals surface area contributed by atoms with Crippen LogP contribution >= 0.6 is 11.6 Å². The lowest BCUT2D eigenvalue weighted by Crippen LogP contribution is -2.24. The number of benzene rings is 2. The molecule has 1 aliphatic rings. The molecule has 0 saturated carbocycles. The number of hydrogen-bond donors (Lipinski definition) is 1. The van der Waals surface area contributed by atoms with E-state index in [4.69, 9.17) is 16.3 Å². The van der Waals surface area contributed by atoms with Crippen molar-refractivity contribution in [2.75, 3.05) is 13.2 Å². The molecule has 2 aromatic carbocycles. The van der Waals surface area contributed by atoms with Crippen molar-refractivity contribution < 1.29 is 9.53 Å². The second-order valence-electron chi connectivity index (χ2n) is 6.33. The first-order chi connectivity index (χ1) is 12.0. The molecule has 1 aromatic heterocycles. The van der Waals surface area contributed by atoms with Crippen LogP contribution in [-0.4, -0.2) is 28.8 Å². The molecule has 0 unspecified atom stereocenters. The number of rotatable bonds is 2. The monoisotopic (exact) mass is 355 g/mol. The zero-order valence-corrected chi connectivity index (χ0v) is 14.9. The van der Waals surface area contributed by atoms with E-state index in [1.165, 1.54) is 0 Å². The van der Waals surface area contributed by atoms with E-state index in [1.807, 2.05) is 32.3 Å². The van der Waals surface area contributed by atoms with E-state index in [1.54, 1.807) is 4.68 Å². The summed E-state index contributed by atoms with van der Waals surface area (Å²) in [6, 6.07) is 8.09. The third-order valence-electron chi connectivity index (χ3n) is 4.53. The molecule has 4 rings (SSSR count). The Kier molecular flexibility index (Phi) is 3.88. The fourth-order valence-electron chi connectivity index (χ4n) is 3.21. The number of aromatic nitrogens is 2. The number of halogens is 1. The van der Waals surface area contributed by atoms with Crippen molar-refractivity contribution in [2.45, 2.75) is 13.3 Å². The molecule has 0 bridgehead atoms. The Morgan fingerprint density at radius 1 is 1.36 bits per heavy atom. The molecule has 0 saturated heterocycles. The molecule has 128 valence electrons. The summed E-state index contributed by atoms with van der Waals surface area (Å²) in [6.07, 6.45) is 2.69. The minimum absolute atomic E-state index is 0.140. The summed E-state index contributed by atoms with van der Waals surface area (Å²) in [5, 5.41) is 8.85. The van der Waals surface area contributed by atoms with E-state index in [9.17, 15) is 4.79 Å². The van der Waals surface area contributed by atoms with Crippen LogP contribution in [0.15, 0.2) is 30.5 Å². The molecule has 25 heavy (non-hydrogen) atoms. The maximum absolute atomic E-state index is 12.3. The predicted molar refractivity (Wildman–Crippen MR) is 97.5 cm³/mol. The minimum Gasteiger partial charge on any atom is -0.489 e. The average Bonchev–Trinajstić information content (AvgIpc) is 2.85. The number of hydrogen-bond acceptors (Lipinski definition) is 3. The maximum atomic E-state index is 12.3. The van der Waals surface area contributed by atoms with Crippen molar-refractivity contribution in [1.82, 2.24) is 15.1 Å². The summed E-state index contributed by atoms with van der Waals surface area (Å²) in [7, 11) is 1.91. The third kappa shape index (κ3) is 2.85. The van der Waals surface area contributed by atoms with Gasteiger partial charge in [0.2, 0.25) is 0 Å². The van der Waals surface area contributed by atoms with Gasteiger partial charge in [-0.25, -0.2) is 0 Å². The highest BCUT2D eigenvalue weighted by Gasteiger charge is 2.22. The van der Waals surface area contributed by atoms with Crippen molar-refractivity contribution in [1.29, 1.82) is 0 Å². The third-order valence-corrected chi connectivity index (χ3v) is 4.99. The molecule has 2 heterocycles. The quantitative estimate of drug-likeness (QED) is 0.767. The highest BCUT2D eigenvalue weighted by atomic mass is 35.5. The Bertz CT molecular complexity index is 994. The molecule has 0 fully saturated rings. The van der Waals surface area contributed by atoms with Gasteiger partial charge in [0.25, 0.3) is 5.91 Å². The van der Waals surface area contributed by atoms with Gasteiger partial charge in [0.1, 0.15) is 6.61 Å². The lowest BCUT2D eigenvalue weighted by Gasteiger charge is -2.15. The number of fused-ring (bicyclic) bond motifs is 2. The lowest BCUT2D eigenvalue weighted by molar-refractivity contribution is 0.0957.